The monoisotopic (exact) mass is 440 g/mol. The first-order valence-corrected chi connectivity index (χ1v) is 12.4. The molecule has 23 heavy (non-hydrogen) atoms. The highest BCUT2D eigenvalue weighted by Gasteiger charge is 2.41. The van der Waals surface area contributed by atoms with Crippen molar-refractivity contribution in [3.05, 3.63) is 51.6 Å². The van der Waals surface area contributed by atoms with E-state index in [4.69, 9.17) is 4.43 Å². The third-order valence-corrected chi connectivity index (χ3v) is 11.0. The standard InChI is InChI=1S/C20H29IOSi/c1-6-23(7-2,8-3)22-18-14-17(21)20(19(18)15(4)5)16-12-10-9-11-13-16/h9-13,18-19H,4,6-8,14H2,1-3,5H3/t18-,19+/m1/s1. The predicted octanol–water partition coefficient (Wildman–Crippen LogP) is 6.82. The van der Waals surface area contributed by atoms with Crippen LogP contribution in [0.15, 0.2) is 46.1 Å². The average molecular weight is 440 g/mol. The van der Waals surface area contributed by atoms with E-state index in [1.807, 2.05) is 0 Å². The predicted molar refractivity (Wildman–Crippen MR) is 112 cm³/mol. The van der Waals surface area contributed by atoms with Crippen molar-refractivity contribution in [2.45, 2.75) is 58.4 Å². The highest BCUT2D eigenvalue weighted by molar-refractivity contribution is 14.1. The molecule has 1 aromatic rings. The van der Waals surface area contributed by atoms with E-state index in [-0.39, 0.29) is 6.10 Å². The molecule has 126 valence electrons. The van der Waals surface area contributed by atoms with Crippen molar-refractivity contribution in [2.24, 2.45) is 5.92 Å². The third kappa shape index (κ3) is 3.99. The second kappa shape index (κ2) is 8.12. The van der Waals surface area contributed by atoms with Crippen LogP contribution in [0.5, 0.6) is 0 Å². The Balaban J connectivity index is 2.34. The molecule has 1 nitrogen and oxygen atoms in total. The summed E-state index contributed by atoms with van der Waals surface area (Å²) in [5.41, 5.74) is 3.99. The molecule has 0 radical (unpaired) electrons. The summed E-state index contributed by atoms with van der Waals surface area (Å²) in [6.45, 7) is 13.4. The number of benzene rings is 1. The number of halogens is 1. The Morgan fingerprint density at radius 3 is 2.22 bits per heavy atom. The molecule has 0 spiro atoms. The second-order valence-electron chi connectivity index (χ2n) is 6.61. The zero-order valence-corrected chi connectivity index (χ0v) is 18.0. The minimum atomic E-state index is -1.60. The average Bonchev–Trinajstić information content (AvgIpc) is 2.89. The van der Waals surface area contributed by atoms with Crippen molar-refractivity contribution >= 4 is 36.5 Å². The van der Waals surface area contributed by atoms with Gasteiger partial charge in [0.25, 0.3) is 0 Å². The highest BCUT2D eigenvalue weighted by atomic mass is 127. The number of rotatable bonds is 7. The van der Waals surface area contributed by atoms with Gasteiger partial charge in [0, 0.05) is 12.3 Å². The van der Waals surface area contributed by atoms with Crippen molar-refractivity contribution in [2.75, 3.05) is 0 Å². The van der Waals surface area contributed by atoms with E-state index in [9.17, 15) is 0 Å². The Morgan fingerprint density at radius 2 is 1.74 bits per heavy atom. The van der Waals surface area contributed by atoms with Gasteiger partial charge >= 0.3 is 0 Å². The van der Waals surface area contributed by atoms with Gasteiger partial charge in [0.2, 0.25) is 0 Å². The molecule has 1 aromatic carbocycles. The molecule has 0 bridgehead atoms. The molecule has 0 amide bonds. The molecule has 3 heteroatoms. The molecule has 1 aliphatic rings. The lowest BCUT2D eigenvalue weighted by Crippen LogP contribution is -2.41. The Morgan fingerprint density at radius 1 is 1.17 bits per heavy atom. The number of hydrogen-bond acceptors (Lipinski definition) is 1. The van der Waals surface area contributed by atoms with Gasteiger partial charge in [-0.1, -0.05) is 63.3 Å². The lowest BCUT2D eigenvalue weighted by atomic mass is 9.88. The molecule has 0 fully saturated rings. The first kappa shape index (κ1) is 18.9. The summed E-state index contributed by atoms with van der Waals surface area (Å²) in [6, 6.07) is 14.4. The second-order valence-corrected chi connectivity index (χ2v) is 12.6. The fraction of sp³-hybridized carbons (Fsp3) is 0.500. The van der Waals surface area contributed by atoms with Crippen LogP contribution in [0.25, 0.3) is 5.57 Å². The largest absolute Gasteiger partial charge is 0.413 e. The van der Waals surface area contributed by atoms with E-state index in [2.05, 4.69) is 87.2 Å². The van der Waals surface area contributed by atoms with Crippen LogP contribution in [0.2, 0.25) is 18.1 Å². The summed E-state index contributed by atoms with van der Waals surface area (Å²) in [6.07, 6.45) is 1.32. The fourth-order valence-corrected chi connectivity index (χ4v) is 7.65. The van der Waals surface area contributed by atoms with Gasteiger partial charge in [0.15, 0.2) is 8.32 Å². The Bertz CT molecular complexity index is 566. The molecule has 0 unspecified atom stereocenters. The van der Waals surface area contributed by atoms with Gasteiger partial charge in [0.05, 0.1) is 6.10 Å². The van der Waals surface area contributed by atoms with E-state index < -0.39 is 8.32 Å². The zero-order valence-electron chi connectivity index (χ0n) is 14.9. The van der Waals surface area contributed by atoms with Crippen molar-refractivity contribution in [3.63, 3.8) is 0 Å². The molecule has 0 aromatic heterocycles. The van der Waals surface area contributed by atoms with Crippen LogP contribution < -0.4 is 0 Å². The first-order valence-electron chi connectivity index (χ1n) is 8.75. The summed E-state index contributed by atoms with van der Waals surface area (Å²) >= 11 is 2.52. The summed E-state index contributed by atoms with van der Waals surface area (Å²) in [7, 11) is -1.60. The lowest BCUT2D eigenvalue weighted by Gasteiger charge is -2.35. The summed E-state index contributed by atoms with van der Waals surface area (Å²) in [4.78, 5) is 0. The van der Waals surface area contributed by atoms with Crippen LogP contribution in [0.1, 0.15) is 39.7 Å². The van der Waals surface area contributed by atoms with Crippen molar-refractivity contribution < 1.29 is 4.43 Å². The van der Waals surface area contributed by atoms with Crippen molar-refractivity contribution in [3.8, 4) is 0 Å². The van der Waals surface area contributed by atoms with Crippen LogP contribution in [0.4, 0.5) is 0 Å². The molecule has 2 atom stereocenters. The van der Waals surface area contributed by atoms with Crippen molar-refractivity contribution in [1.29, 1.82) is 0 Å². The molecule has 0 heterocycles. The fourth-order valence-electron chi connectivity index (χ4n) is 3.71. The van der Waals surface area contributed by atoms with E-state index in [0.29, 0.717) is 5.92 Å². The topological polar surface area (TPSA) is 9.23 Å². The van der Waals surface area contributed by atoms with Crippen LogP contribution in [0.3, 0.4) is 0 Å². The molecule has 0 N–H and O–H groups in total. The SMILES string of the molecule is C=C(C)[C@@H]1C(c2ccccc2)=C(I)C[C@H]1O[Si](CC)(CC)CC. The zero-order chi connectivity index (χ0) is 17.0. The van der Waals surface area contributed by atoms with Crippen LogP contribution in [-0.4, -0.2) is 14.4 Å². The number of hydrogen-bond donors (Lipinski definition) is 0. The summed E-state index contributed by atoms with van der Waals surface area (Å²) < 4.78 is 8.32. The third-order valence-electron chi connectivity index (χ3n) is 5.31. The maximum absolute atomic E-state index is 6.87. The normalized spacial score (nSPS) is 21.8. The van der Waals surface area contributed by atoms with Gasteiger partial charge in [-0.3, -0.25) is 0 Å². The van der Waals surface area contributed by atoms with Crippen LogP contribution >= 0.6 is 22.6 Å². The van der Waals surface area contributed by atoms with Gasteiger partial charge in [0.1, 0.15) is 0 Å². The van der Waals surface area contributed by atoms with E-state index in [1.54, 1.807) is 0 Å². The van der Waals surface area contributed by atoms with Gasteiger partial charge < -0.3 is 4.43 Å². The van der Waals surface area contributed by atoms with Gasteiger partial charge in [-0.25, -0.2) is 0 Å². The lowest BCUT2D eigenvalue weighted by molar-refractivity contribution is 0.171. The first-order chi connectivity index (χ1) is 11.0. The summed E-state index contributed by atoms with van der Waals surface area (Å²) in [5.74, 6) is 0.334. The van der Waals surface area contributed by atoms with Crippen LogP contribution in [0, 0.1) is 5.92 Å². The smallest absolute Gasteiger partial charge is 0.192 e. The molecular weight excluding hydrogens is 411 g/mol. The van der Waals surface area contributed by atoms with Crippen molar-refractivity contribution in [1.82, 2.24) is 0 Å². The van der Waals surface area contributed by atoms with E-state index in [1.165, 1.54) is 38.4 Å². The minimum Gasteiger partial charge on any atom is -0.413 e. The highest BCUT2D eigenvalue weighted by Crippen LogP contribution is 2.47. The Hall–Kier alpha value is -0.393. The molecule has 0 saturated heterocycles. The summed E-state index contributed by atoms with van der Waals surface area (Å²) in [5, 5.41) is 0. The molecular formula is C20H29IOSi. The van der Waals surface area contributed by atoms with Gasteiger partial charge in [-0.2, -0.15) is 0 Å². The maximum Gasteiger partial charge on any atom is 0.192 e. The minimum absolute atomic E-state index is 0.279. The quantitative estimate of drug-likeness (QED) is 0.257. The van der Waals surface area contributed by atoms with Gasteiger partial charge in [-0.05, 0) is 62.4 Å². The molecule has 2 rings (SSSR count). The molecule has 0 aliphatic heterocycles. The van der Waals surface area contributed by atoms with E-state index >= 15 is 0 Å². The Labute approximate surface area is 156 Å². The van der Waals surface area contributed by atoms with Gasteiger partial charge in [-0.15, -0.1) is 0 Å². The molecule has 0 saturated carbocycles. The van der Waals surface area contributed by atoms with E-state index in [0.717, 1.165) is 6.42 Å². The van der Waals surface area contributed by atoms with Crippen LogP contribution in [-0.2, 0) is 4.43 Å². The maximum atomic E-state index is 6.87. The Kier molecular flexibility index (Phi) is 6.69. The molecule has 1 aliphatic carbocycles.